The maximum Gasteiger partial charge on any atom is 0.237 e. The Morgan fingerprint density at radius 1 is 1.65 bits per heavy atom. The summed E-state index contributed by atoms with van der Waals surface area (Å²) in [5.74, 6) is -1.05. The van der Waals surface area contributed by atoms with Gasteiger partial charge in [-0.25, -0.2) is 0 Å². The summed E-state index contributed by atoms with van der Waals surface area (Å²) in [6, 6.07) is 3.47. The molecule has 5 heteroatoms. The van der Waals surface area contributed by atoms with Gasteiger partial charge in [0.05, 0.1) is 0 Å². The molecule has 0 spiro atoms. The minimum Gasteiger partial charge on any atom is -0.319 e. The van der Waals surface area contributed by atoms with Crippen molar-refractivity contribution in [2.45, 2.75) is 6.42 Å². The molecule has 0 radical (unpaired) electrons. The number of hydrogen-bond acceptors (Lipinski definition) is 3. The van der Waals surface area contributed by atoms with Crippen molar-refractivity contribution in [1.82, 2.24) is 9.88 Å². The fraction of sp³-hybridized carbons (Fsp3) is 0.250. The first-order valence-corrected chi connectivity index (χ1v) is 6.02. The number of ketones is 1. The molecule has 1 saturated heterocycles. The monoisotopic (exact) mass is 294 g/mol. The summed E-state index contributed by atoms with van der Waals surface area (Å²) >= 11 is 3.27. The summed E-state index contributed by atoms with van der Waals surface area (Å²) in [6.07, 6.45) is 3.53. The minimum atomic E-state index is -0.626. The highest BCUT2D eigenvalue weighted by molar-refractivity contribution is 9.10. The average molecular weight is 295 g/mol. The first kappa shape index (κ1) is 12.0. The summed E-state index contributed by atoms with van der Waals surface area (Å²) in [6.45, 7) is 4.09. The lowest BCUT2D eigenvalue weighted by molar-refractivity contribution is -0.127. The number of rotatable bonds is 3. The number of carbonyl (C=O) groups excluding carboxylic acids is 2. The van der Waals surface area contributed by atoms with Crippen LogP contribution in [0.4, 0.5) is 0 Å². The number of Topliss-reactive ketones (excluding diaryl/α,β-unsaturated/α-hetero) is 1. The molecule has 0 aromatic carbocycles. The van der Waals surface area contributed by atoms with Crippen molar-refractivity contribution in [3.63, 3.8) is 0 Å². The molecule has 0 saturated carbocycles. The Labute approximate surface area is 107 Å². The van der Waals surface area contributed by atoms with Gasteiger partial charge in [-0.2, -0.15) is 0 Å². The van der Waals surface area contributed by atoms with Crippen molar-refractivity contribution in [2.75, 3.05) is 6.54 Å². The summed E-state index contributed by atoms with van der Waals surface area (Å²) in [4.78, 5) is 29.5. The molecule has 4 nitrogen and oxygen atoms in total. The smallest absolute Gasteiger partial charge is 0.237 e. The Bertz CT molecular complexity index is 487. The molecule has 2 heterocycles. The Hall–Kier alpha value is -1.49. The second kappa shape index (κ2) is 4.79. The van der Waals surface area contributed by atoms with Gasteiger partial charge in [0.25, 0.3) is 0 Å². The highest BCUT2D eigenvalue weighted by Gasteiger charge is 2.37. The highest BCUT2D eigenvalue weighted by atomic mass is 79.9. The third kappa shape index (κ3) is 2.15. The van der Waals surface area contributed by atoms with Crippen LogP contribution in [0.15, 0.2) is 35.6 Å². The second-order valence-electron chi connectivity index (χ2n) is 3.75. The van der Waals surface area contributed by atoms with E-state index in [9.17, 15) is 9.59 Å². The Morgan fingerprint density at radius 3 is 3.00 bits per heavy atom. The van der Waals surface area contributed by atoms with Crippen LogP contribution >= 0.6 is 15.9 Å². The number of likely N-dealkylation sites (tertiary alicyclic amines) is 1. The zero-order chi connectivity index (χ0) is 12.4. The van der Waals surface area contributed by atoms with Gasteiger partial charge < -0.3 is 4.90 Å². The molecule has 17 heavy (non-hydrogen) atoms. The van der Waals surface area contributed by atoms with E-state index in [0.717, 1.165) is 0 Å². The standard InChI is InChI=1S/C12H11BrN2O2/c1-2-15-7-5-8(12(15)17)11(16)10-9(13)4-3-6-14-10/h2-4,6,8H,1,5,7H2. The number of pyridine rings is 1. The van der Waals surface area contributed by atoms with Gasteiger partial charge in [0.2, 0.25) is 5.91 Å². The van der Waals surface area contributed by atoms with E-state index in [1.54, 1.807) is 18.3 Å². The third-order valence-corrected chi connectivity index (χ3v) is 3.41. The van der Waals surface area contributed by atoms with Crippen LogP contribution in [0.25, 0.3) is 0 Å². The molecule has 1 atom stereocenters. The predicted octanol–water partition coefficient (Wildman–Crippen LogP) is 2.02. The number of nitrogens with zero attached hydrogens (tertiary/aromatic N) is 2. The van der Waals surface area contributed by atoms with Gasteiger partial charge >= 0.3 is 0 Å². The van der Waals surface area contributed by atoms with E-state index in [0.29, 0.717) is 23.1 Å². The highest BCUT2D eigenvalue weighted by Crippen LogP contribution is 2.24. The Balaban J connectivity index is 2.25. The fourth-order valence-electron chi connectivity index (χ4n) is 1.86. The molecule has 0 aliphatic carbocycles. The third-order valence-electron chi connectivity index (χ3n) is 2.77. The quantitative estimate of drug-likeness (QED) is 0.633. The topological polar surface area (TPSA) is 50.3 Å². The summed E-state index contributed by atoms with van der Waals surface area (Å²) < 4.78 is 0.620. The lowest BCUT2D eigenvalue weighted by Crippen LogP contribution is -2.27. The largest absolute Gasteiger partial charge is 0.319 e. The van der Waals surface area contributed by atoms with Gasteiger partial charge in [0.1, 0.15) is 11.6 Å². The Morgan fingerprint density at radius 2 is 2.41 bits per heavy atom. The number of amides is 1. The van der Waals surface area contributed by atoms with Crippen LogP contribution in [0.5, 0.6) is 0 Å². The average Bonchev–Trinajstić information content (AvgIpc) is 2.70. The van der Waals surface area contributed by atoms with Gasteiger partial charge in [0, 0.05) is 17.2 Å². The molecule has 1 aromatic heterocycles. The van der Waals surface area contributed by atoms with Crippen molar-refractivity contribution in [2.24, 2.45) is 5.92 Å². The maximum atomic E-state index is 12.2. The van der Waals surface area contributed by atoms with Crippen molar-refractivity contribution in [1.29, 1.82) is 0 Å². The molecular formula is C12H11BrN2O2. The number of aromatic nitrogens is 1. The van der Waals surface area contributed by atoms with E-state index < -0.39 is 5.92 Å². The van der Waals surface area contributed by atoms with Gasteiger partial charge in [-0.3, -0.25) is 14.6 Å². The molecule has 1 aromatic rings. The van der Waals surface area contributed by atoms with Crippen LogP contribution in [0.3, 0.4) is 0 Å². The maximum absolute atomic E-state index is 12.2. The lowest BCUT2D eigenvalue weighted by Gasteiger charge is -2.10. The fourth-order valence-corrected chi connectivity index (χ4v) is 2.31. The molecule has 88 valence electrons. The normalized spacial score (nSPS) is 19.5. The molecule has 0 bridgehead atoms. The van der Waals surface area contributed by atoms with Gasteiger partial charge in [0.15, 0.2) is 5.78 Å². The summed E-state index contributed by atoms with van der Waals surface area (Å²) in [7, 11) is 0. The molecule has 0 N–H and O–H groups in total. The van der Waals surface area contributed by atoms with Gasteiger partial charge in [-0.05, 0) is 40.7 Å². The van der Waals surface area contributed by atoms with Gasteiger partial charge in [-0.1, -0.05) is 6.58 Å². The number of hydrogen-bond donors (Lipinski definition) is 0. The van der Waals surface area contributed by atoms with Crippen LogP contribution < -0.4 is 0 Å². The molecule has 1 aliphatic rings. The van der Waals surface area contributed by atoms with Crippen LogP contribution in [-0.2, 0) is 4.79 Å². The number of carbonyl (C=O) groups is 2. The van der Waals surface area contributed by atoms with Crippen molar-refractivity contribution >= 4 is 27.6 Å². The summed E-state index contributed by atoms with van der Waals surface area (Å²) in [5.41, 5.74) is 0.316. The molecule has 2 rings (SSSR count). The van der Waals surface area contributed by atoms with E-state index in [2.05, 4.69) is 27.5 Å². The summed E-state index contributed by atoms with van der Waals surface area (Å²) in [5, 5.41) is 0. The van der Waals surface area contributed by atoms with E-state index in [1.807, 2.05) is 0 Å². The SMILES string of the molecule is C=CN1CCC(C(=O)c2ncccc2Br)C1=O. The van der Waals surface area contributed by atoms with Crippen molar-refractivity contribution < 1.29 is 9.59 Å². The second-order valence-corrected chi connectivity index (χ2v) is 4.61. The van der Waals surface area contributed by atoms with Crippen molar-refractivity contribution in [3.8, 4) is 0 Å². The molecular weight excluding hydrogens is 284 g/mol. The predicted molar refractivity (Wildman–Crippen MR) is 66.3 cm³/mol. The minimum absolute atomic E-state index is 0.192. The zero-order valence-corrected chi connectivity index (χ0v) is 10.7. The van der Waals surface area contributed by atoms with E-state index in [1.165, 1.54) is 11.1 Å². The molecule has 1 amide bonds. The first-order chi connectivity index (χ1) is 8.15. The zero-order valence-electron chi connectivity index (χ0n) is 9.10. The van der Waals surface area contributed by atoms with Crippen LogP contribution in [0.2, 0.25) is 0 Å². The van der Waals surface area contributed by atoms with Gasteiger partial charge in [-0.15, -0.1) is 0 Å². The van der Waals surface area contributed by atoms with Crippen LogP contribution in [-0.4, -0.2) is 28.1 Å². The number of halogens is 1. The van der Waals surface area contributed by atoms with E-state index in [-0.39, 0.29) is 11.7 Å². The molecule has 1 unspecified atom stereocenters. The molecule has 1 fully saturated rings. The van der Waals surface area contributed by atoms with Crippen LogP contribution in [0, 0.1) is 5.92 Å². The van der Waals surface area contributed by atoms with Crippen molar-refractivity contribution in [3.05, 3.63) is 41.3 Å². The Kier molecular flexibility index (Phi) is 3.38. The first-order valence-electron chi connectivity index (χ1n) is 5.23. The molecule has 1 aliphatic heterocycles. The van der Waals surface area contributed by atoms with E-state index >= 15 is 0 Å². The lowest BCUT2D eigenvalue weighted by atomic mass is 10.00. The van der Waals surface area contributed by atoms with Crippen LogP contribution in [0.1, 0.15) is 16.9 Å². The van der Waals surface area contributed by atoms with E-state index in [4.69, 9.17) is 0 Å².